The minimum atomic E-state index is -0.233. The van der Waals surface area contributed by atoms with Gasteiger partial charge in [-0.05, 0) is 24.3 Å². The van der Waals surface area contributed by atoms with Crippen molar-refractivity contribution in [2.75, 3.05) is 7.11 Å². The molecule has 0 aliphatic carbocycles. The molecule has 1 heterocycles. The van der Waals surface area contributed by atoms with Gasteiger partial charge in [0.15, 0.2) is 0 Å². The predicted octanol–water partition coefficient (Wildman–Crippen LogP) is 3.98. The van der Waals surface area contributed by atoms with E-state index in [4.69, 9.17) is 4.74 Å². The third-order valence-electron chi connectivity index (χ3n) is 3.00. The number of hydrogen-bond acceptors (Lipinski definition) is 1. The lowest BCUT2D eigenvalue weighted by molar-refractivity contribution is 0.419. The van der Waals surface area contributed by atoms with E-state index < -0.39 is 0 Å². The van der Waals surface area contributed by atoms with Crippen molar-refractivity contribution in [3.63, 3.8) is 0 Å². The van der Waals surface area contributed by atoms with E-state index in [2.05, 4.69) is 4.98 Å². The molecule has 0 saturated carbocycles. The zero-order valence-corrected chi connectivity index (χ0v) is 9.91. The van der Waals surface area contributed by atoms with E-state index in [1.54, 1.807) is 19.2 Å². The van der Waals surface area contributed by atoms with E-state index in [1.807, 2.05) is 30.3 Å². The van der Waals surface area contributed by atoms with Crippen molar-refractivity contribution in [2.45, 2.75) is 0 Å². The Labute approximate surface area is 104 Å². The van der Waals surface area contributed by atoms with Crippen LogP contribution in [0.2, 0.25) is 0 Å². The number of aromatic amines is 1. The summed E-state index contributed by atoms with van der Waals surface area (Å²) in [5, 5.41) is 1.01. The van der Waals surface area contributed by atoms with Gasteiger partial charge in [0.1, 0.15) is 11.6 Å². The highest BCUT2D eigenvalue weighted by molar-refractivity contribution is 5.90. The third-order valence-corrected chi connectivity index (χ3v) is 3.00. The maximum atomic E-state index is 13.7. The molecular formula is C15H12FNO. The molecule has 0 unspecified atom stereocenters. The normalized spacial score (nSPS) is 10.8. The molecule has 3 rings (SSSR count). The maximum absolute atomic E-state index is 13.7. The average molecular weight is 241 g/mol. The van der Waals surface area contributed by atoms with E-state index in [9.17, 15) is 4.39 Å². The minimum absolute atomic E-state index is 0.233. The summed E-state index contributed by atoms with van der Waals surface area (Å²) >= 11 is 0. The molecule has 3 heteroatoms. The highest BCUT2D eigenvalue weighted by atomic mass is 19.1. The molecule has 90 valence electrons. The molecule has 3 aromatic rings. The van der Waals surface area contributed by atoms with E-state index >= 15 is 0 Å². The first-order valence-corrected chi connectivity index (χ1v) is 5.70. The molecule has 0 aliphatic rings. The molecule has 0 atom stereocenters. The first-order chi connectivity index (χ1) is 8.79. The Kier molecular flexibility index (Phi) is 2.52. The molecule has 2 nitrogen and oxygen atoms in total. The third kappa shape index (κ3) is 1.64. The Morgan fingerprint density at radius 2 is 1.89 bits per heavy atom. The Morgan fingerprint density at radius 3 is 2.67 bits per heavy atom. The van der Waals surface area contributed by atoms with Crippen LogP contribution in [0.3, 0.4) is 0 Å². The van der Waals surface area contributed by atoms with Crippen LogP contribution < -0.4 is 4.74 Å². The van der Waals surface area contributed by atoms with Gasteiger partial charge in [0.25, 0.3) is 0 Å². The number of benzene rings is 2. The lowest BCUT2D eigenvalue weighted by Gasteiger charge is -2.01. The van der Waals surface area contributed by atoms with Crippen molar-refractivity contribution in [2.24, 2.45) is 0 Å². The van der Waals surface area contributed by atoms with Crippen LogP contribution >= 0.6 is 0 Å². The van der Waals surface area contributed by atoms with Gasteiger partial charge in [-0.15, -0.1) is 0 Å². The lowest BCUT2D eigenvalue weighted by atomic mass is 10.1. The van der Waals surface area contributed by atoms with Gasteiger partial charge in [0.05, 0.1) is 12.6 Å². The topological polar surface area (TPSA) is 25.0 Å². The number of methoxy groups -OCH3 is 1. The van der Waals surface area contributed by atoms with E-state index in [1.165, 1.54) is 6.07 Å². The van der Waals surface area contributed by atoms with Gasteiger partial charge in [0, 0.05) is 16.6 Å². The number of nitrogens with one attached hydrogen (secondary N) is 1. The molecule has 18 heavy (non-hydrogen) atoms. The van der Waals surface area contributed by atoms with Crippen LogP contribution in [0.15, 0.2) is 48.5 Å². The van der Waals surface area contributed by atoms with Crippen LogP contribution in [-0.4, -0.2) is 12.1 Å². The second-order valence-corrected chi connectivity index (χ2v) is 4.09. The molecule has 0 fully saturated rings. The predicted molar refractivity (Wildman–Crippen MR) is 70.2 cm³/mol. The molecule has 0 saturated heterocycles. The minimum Gasteiger partial charge on any atom is -0.495 e. The molecule has 2 aromatic carbocycles. The molecular weight excluding hydrogens is 229 g/mol. The summed E-state index contributed by atoms with van der Waals surface area (Å²) in [5.41, 5.74) is 2.21. The second kappa shape index (κ2) is 4.18. The van der Waals surface area contributed by atoms with Crippen molar-refractivity contribution < 1.29 is 9.13 Å². The first kappa shape index (κ1) is 10.8. The quantitative estimate of drug-likeness (QED) is 0.721. The van der Waals surface area contributed by atoms with Crippen LogP contribution in [0.5, 0.6) is 5.75 Å². The van der Waals surface area contributed by atoms with Crippen LogP contribution in [0, 0.1) is 5.82 Å². The molecule has 0 bridgehead atoms. The fourth-order valence-corrected chi connectivity index (χ4v) is 2.12. The summed E-state index contributed by atoms with van der Waals surface area (Å²) in [4.78, 5) is 3.21. The van der Waals surface area contributed by atoms with Gasteiger partial charge >= 0.3 is 0 Å². The Hall–Kier alpha value is -2.29. The monoisotopic (exact) mass is 241 g/mol. The summed E-state index contributed by atoms with van der Waals surface area (Å²) in [6, 6.07) is 14.4. The van der Waals surface area contributed by atoms with E-state index in [0.29, 0.717) is 5.56 Å². The number of para-hydroxylation sites is 1. The lowest BCUT2D eigenvalue weighted by Crippen LogP contribution is -1.85. The number of aromatic nitrogens is 1. The van der Waals surface area contributed by atoms with E-state index in [-0.39, 0.29) is 5.82 Å². The summed E-state index contributed by atoms with van der Waals surface area (Å²) in [6.07, 6.45) is 0. The number of fused-ring (bicyclic) bond motifs is 1. The van der Waals surface area contributed by atoms with Crippen molar-refractivity contribution in [3.8, 4) is 17.0 Å². The highest BCUT2D eigenvalue weighted by Gasteiger charge is 2.09. The summed E-state index contributed by atoms with van der Waals surface area (Å²) in [5.74, 6) is 0.526. The zero-order chi connectivity index (χ0) is 12.5. The van der Waals surface area contributed by atoms with Gasteiger partial charge in [-0.1, -0.05) is 24.3 Å². The van der Waals surface area contributed by atoms with Crippen molar-refractivity contribution >= 4 is 10.9 Å². The van der Waals surface area contributed by atoms with Gasteiger partial charge < -0.3 is 9.72 Å². The largest absolute Gasteiger partial charge is 0.495 e. The summed E-state index contributed by atoms with van der Waals surface area (Å²) < 4.78 is 19.0. The second-order valence-electron chi connectivity index (χ2n) is 4.09. The molecule has 0 radical (unpaired) electrons. The number of rotatable bonds is 2. The summed E-state index contributed by atoms with van der Waals surface area (Å²) in [6.45, 7) is 0. The van der Waals surface area contributed by atoms with E-state index in [0.717, 1.165) is 22.3 Å². The summed E-state index contributed by atoms with van der Waals surface area (Å²) in [7, 11) is 1.62. The van der Waals surface area contributed by atoms with Gasteiger partial charge in [0.2, 0.25) is 0 Å². The number of ether oxygens (including phenoxy) is 1. The number of H-pyrrole nitrogens is 1. The zero-order valence-electron chi connectivity index (χ0n) is 9.91. The highest BCUT2D eigenvalue weighted by Crippen LogP contribution is 2.30. The van der Waals surface area contributed by atoms with Crippen LogP contribution in [-0.2, 0) is 0 Å². The number of halogens is 1. The van der Waals surface area contributed by atoms with Gasteiger partial charge in [-0.3, -0.25) is 0 Å². The van der Waals surface area contributed by atoms with Gasteiger partial charge in [-0.2, -0.15) is 0 Å². The van der Waals surface area contributed by atoms with Crippen molar-refractivity contribution in [3.05, 3.63) is 54.3 Å². The molecule has 1 aromatic heterocycles. The molecule has 0 aliphatic heterocycles. The Morgan fingerprint density at radius 1 is 1.06 bits per heavy atom. The Balaban J connectivity index is 2.23. The SMILES string of the molecule is COc1cccc2cc(-c3ccccc3F)[nH]c12. The number of hydrogen-bond donors (Lipinski definition) is 1. The van der Waals surface area contributed by atoms with Gasteiger partial charge in [-0.25, -0.2) is 4.39 Å². The fourth-order valence-electron chi connectivity index (χ4n) is 2.12. The fraction of sp³-hybridized carbons (Fsp3) is 0.0667. The van der Waals surface area contributed by atoms with Crippen molar-refractivity contribution in [1.29, 1.82) is 0 Å². The van der Waals surface area contributed by atoms with Crippen LogP contribution in [0.1, 0.15) is 0 Å². The smallest absolute Gasteiger partial charge is 0.142 e. The standard InChI is InChI=1S/C15H12FNO/c1-18-14-8-4-5-10-9-13(17-15(10)14)11-6-2-3-7-12(11)16/h2-9,17H,1H3. The van der Waals surface area contributed by atoms with Crippen LogP contribution in [0.4, 0.5) is 4.39 Å². The molecule has 0 spiro atoms. The molecule has 1 N–H and O–H groups in total. The van der Waals surface area contributed by atoms with Crippen molar-refractivity contribution in [1.82, 2.24) is 4.98 Å². The maximum Gasteiger partial charge on any atom is 0.142 e. The van der Waals surface area contributed by atoms with Crippen LogP contribution in [0.25, 0.3) is 22.2 Å². The first-order valence-electron chi connectivity index (χ1n) is 5.70. The average Bonchev–Trinajstić information content (AvgIpc) is 2.82. The Bertz CT molecular complexity index is 703. The molecule has 0 amide bonds.